The van der Waals surface area contributed by atoms with Crippen molar-refractivity contribution in [2.24, 2.45) is 29.1 Å². The van der Waals surface area contributed by atoms with Crippen LogP contribution in [0.5, 0.6) is 0 Å². The first kappa shape index (κ1) is 15.0. The van der Waals surface area contributed by atoms with Gasteiger partial charge in [0.2, 0.25) is 0 Å². The van der Waals surface area contributed by atoms with E-state index in [1.807, 2.05) is 0 Å². The van der Waals surface area contributed by atoms with E-state index in [2.05, 4.69) is 13.8 Å². The normalized spacial score (nSPS) is 54.7. The van der Waals surface area contributed by atoms with Crippen LogP contribution in [0.4, 0.5) is 0 Å². The van der Waals surface area contributed by atoms with E-state index in [-0.39, 0.29) is 17.5 Å². The van der Waals surface area contributed by atoms with Gasteiger partial charge >= 0.3 is 5.97 Å². The maximum atomic E-state index is 11.8. The molecule has 0 amide bonds. The van der Waals surface area contributed by atoms with Gasteiger partial charge in [0.25, 0.3) is 0 Å². The zero-order valence-corrected chi connectivity index (χ0v) is 14.0. The van der Waals surface area contributed by atoms with Gasteiger partial charge in [-0.2, -0.15) is 0 Å². The third kappa shape index (κ3) is 2.00. The van der Waals surface area contributed by atoms with Gasteiger partial charge in [0, 0.05) is 6.42 Å². The highest BCUT2D eigenvalue weighted by atomic mass is 16.5. The first-order valence-corrected chi connectivity index (χ1v) is 9.34. The molecule has 0 aromatic rings. The highest BCUT2D eigenvalue weighted by Gasteiger charge is 2.61. The van der Waals surface area contributed by atoms with Crippen molar-refractivity contribution in [2.45, 2.75) is 83.3 Å². The van der Waals surface area contributed by atoms with Crippen molar-refractivity contribution in [1.82, 2.24) is 0 Å². The van der Waals surface area contributed by atoms with E-state index < -0.39 is 5.60 Å². The molecule has 0 aromatic carbocycles. The van der Waals surface area contributed by atoms with E-state index in [4.69, 9.17) is 4.74 Å². The lowest BCUT2D eigenvalue weighted by atomic mass is 9.51. The molecular weight excluding hydrogens is 276 g/mol. The van der Waals surface area contributed by atoms with Gasteiger partial charge in [-0.3, -0.25) is 4.79 Å². The third-order valence-corrected chi connectivity index (χ3v) is 8.07. The summed E-state index contributed by atoms with van der Waals surface area (Å²) < 4.78 is 5.75. The van der Waals surface area contributed by atoms with Crippen molar-refractivity contribution >= 4 is 5.97 Å². The fourth-order valence-corrected chi connectivity index (χ4v) is 6.61. The third-order valence-electron chi connectivity index (χ3n) is 8.07. The van der Waals surface area contributed by atoms with Crippen LogP contribution >= 0.6 is 0 Å². The van der Waals surface area contributed by atoms with Gasteiger partial charge < -0.3 is 9.84 Å². The van der Waals surface area contributed by atoms with Gasteiger partial charge in [-0.15, -0.1) is 0 Å². The molecule has 0 aromatic heterocycles. The average Bonchev–Trinajstić information content (AvgIpc) is 2.61. The number of esters is 1. The molecule has 3 saturated carbocycles. The van der Waals surface area contributed by atoms with Crippen molar-refractivity contribution in [3.8, 4) is 0 Å². The summed E-state index contributed by atoms with van der Waals surface area (Å²) in [5.41, 5.74) is -0.391. The van der Waals surface area contributed by atoms with Crippen LogP contribution in [0.15, 0.2) is 0 Å². The van der Waals surface area contributed by atoms with Gasteiger partial charge in [-0.25, -0.2) is 0 Å². The second kappa shape index (κ2) is 4.96. The van der Waals surface area contributed by atoms with Crippen molar-refractivity contribution in [3.05, 3.63) is 0 Å². The summed E-state index contributed by atoms with van der Waals surface area (Å²) in [5.74, 6) is 2.74. The van der Waals surface area contributed by atoms with Crippen molar-refractivity contribution < 1.29 is 14.6 Å². The first-order chi connectivity index (χ1) is 10.4. The number of fused-ring (bicyclic) bond motifs is 5. The van der Waals surface area contributed by atoms with E-state index in [1.165, 1.54) is 19.3 Å². The minimum absolute atomic E-state index is 0.0235. The lowest BCUT2D eigenvalue weighted by Gasteiger charge is -2.55. The SMILES string of the molecule is C[C@]1(O)CC[C@H]2[C@@H]3CCC4OC(=O)CCC[C@@H]4[C@H]3CC[C@@]21C. The molecule has 1 saturated heterocycles. The predicted molar refractivity (Wildman–Crippen MR) is 84.1 cm³/mol. The van der Waals surface area contributed by atoms with Crippen molar-refractivity contribution in [2.75, 3.05) is 0 Å². The van der Waals surface area contributed by atoms with Crippen LogP contribution in [-0.2, 0) is 9.53 Å². The zero-order chi connectivity index (χ0) is 15.5. The van der Waals surface area contributed by atoms with Crippen LogP contribution in [-0.4, -0.2) is 22.8 Å². The minimum Gasteiger partial charge on any atom is -0.462 e. The monoisotopic (exact) mass is 306 g/mol. The molecule has 3 nitrogen and oxygen atoms in total. The standard InChI is InChI=1S/C19H30O3/c1-18-10-8-12-13(15(18)9-11-19(18,2)21)6-7-16-14(12)4-3-5-17(20)22-16/h12-16,21H,3-11H2,1-2H3/t12-,13+,14+,15-,16?,18-,19-/m0/s1. The molecule has 4 rings (SSSR count). The molecule has 22 heavy (non-hydrogen) atoms. The Kier molecular flexibility index (Phi) is 3.38. The first-order valence-electron chi connectivity index (χ1n) is 9.34. The summed E-state index contributed by atoms with van der Waals surface area (Å²) in [6.45, 7) is 4.40. The van der Waals surface area contributed by atoms with E-state index in [0.717, 1.165) is 43.9 Å². The molecule has 1 unspecified atom stereocenters. The molecule has 4 aliphatic rings. The van der Waals surface area contributed by atoms with Crippen LogP contribution in [0.3, 0.4) is 0 Å². The zero-order valence-electron chi connectivity index (χ0n) is 14.0. The fourth-order valence-electron chi connectivity index (χ4n) is 6.61. The topological polar surface area (TPSA) is 46.5 Å². The molecule has 4 fully saturated rings. The quantitative estimate of drug-likeness (QED) is 0.694. The van der Waals surface area contributed by atoms with Gasteiger partial charge in [0.15, 0.2) is 0 Å². The number of hydrogen-bond donors (Lipinski definition) is 1. The number of aliphatic hydroxyl groups is 1. The Hall–Kier alpha value is -0.570. The van der Waals surface area contributed by atoms with Crippen LogP contribution in [0, 0.1) is 29.1 Å². The Morgan fingerprint density at radius 2 is 1.82 bits per heavy atom. The molecule has 0 spiro atoms. The van der Waals surface area contributed by atoms with Gasteiger partial charge in [0.1, 0.15) is 6.10 Å². The number of carbonyl (C=O) groups excluding carboxylic acids is 1. The van der Waals surface area contributed by atoms with E-state index >= 15 is 0 Å². The Labute approximate surface area is 133 Å². The average molecular weight is 306 g/mol. The molecule has 1 heterocycles. The van der Waals surface area contributed by atoms with Crippen LogP contribution in [0.2, 0.25) is 0 Å². The molecule has 3 aliphatic carbocycles. The van der Waals surface area contributed by atoms with E-state index in [9.17, 15) is 9.90 Å². The highest BCUT2D eigenvalue weighted by molar-refractivity contribution is 5.69. The lowest BCUT2D eigenvalue weighted by Crippen LogP contribution is -2.53. The predicted octanol–water partition coefficient (Wildman–Crippen LogP) is 3.69. The molecule has 124 valence electrons. The second-order valence-electron chi connectivity index (χ2n) is 8.86. The molecular formula is C19H30O3. The van der Waals surface area contributed by atoms with Crippen molar-refractivity contribution in [1.29, 1.82) is 0 Å². The molecule has 0 bridgehead atoms. The van der Waals surface area contributed by atoms with Gasteiger partial charge in [0.05, 0.1) is 5.60 Å². The minimum atomic E-state index is -0.491. The number of rotatable bonds is 0. The van der Waals surface area contributed by atoms with Crippen LogP contribution in [0.1, 0.15) is 71.6 Å². The largest absolute Gasteiger partial charge is 0.462 e. The van der Waals surface area contributed by atoms with E-state index in [0.29, 0.717) is 18.3 Å². The number of ether oxygens (including phenoxy) is 1. The summed E-state index contributed by atoms with van der Waals surface area (Å²) in [6.07, 6.45) is 9.70. The lowest BCUT2D eigenvalue weighted by molar-refractivity contribution is -0.161. The van der Waals surface area contributed by atoms with Gasteiger partial charge in [-0.05, 0) is 87.4 Å². The molecule has 0 radical (unpaired) electrons. The Morgan fingerprint density at radius 3 is 2.64 bits per heavy atom. The summed E-state index contributed by atoms with van der Waals surface area (Å²) in [5, 5.41) is 10.9. The number of carbonyl (C=O) groups is 1. The second-order valence-corrected chi connectivity index (χ2v) is 8.86. The Balaban J connectivity index is 1.60. The summed E-state index contributed by atoms with van der Waals surface area (Å²) in [4.78, 5) is 11.8. The maximum Gasteiger partial charge on any atom is 0.306 e. The number of hydrogen-bond acceptors (Lipinski definition) is 3. The molecule has 7 atom stereocenters. The van der Waals surface area contributed by atoms with Crippen LogP contribution in [0.25, 0.3) is 0 Å². The van der Waals surface area contributed by atoms with E-state index in [1.54, 1.807) is 0 Å². The smallest absolute Gasteiger partial charge is 0.306 e. The summed E-state index contributed by atoms with van der Waals surface area (Å²) >= 11 is 0. The maximum absolute atomic E-state index is 11.8. The molecule has 1 aliphatic heterocycles. The Morgan fingerprint density at radius 1 is 1.00 bits per heavy atom. The highest BCUT2D eigenvalue weighted by Crippen LogP contribution is 2.64. The van der Waals surface area contributed by atoms with Crippen LogP contribution < -0.4 is 0 Å². The molecule has 1 N–H and O–H groups in total. The van der Waals surface area contributed by atoms with Crippen molar-refractivity contribution in [3.63, 3.8) is 0 Å². The summed E-state index contributed by atoms with van der Waals surface area (Å²) in [6, 6.07) is 0. The Bertz CT molecular complexity index is 471. The fraction of sp³-hybridized carbons (Fsp3) is 0.947. The summed E-state index contributed by atoms with van der Waals surface area (Å²) in [7, 11) is 0. The molecule has 3 heteroatoms. The van der Waals surface area contributed by atoms with Gasteiger partial charge in [-0.1, -0.05) is 6.92 Å².